The zero-order valence-electron chi connectivity index (χ0n) is 14.0. The van der Waals surface area contributed by atoms with E-state index < -0.39 is 0 Å². The third-order valence-electron chi connectivity index (χ3n) is 5.03. The smallest absolute Gasteiger partial charge is 0.228 e. The van der Waals surface area contributed by atoms with Gasteiger partial charge in [-0.2, -0.15) is 0 Å². The van der Waals surface area contributed by atoms with E-state index in [1.54, 1.807) is 6.07 Å². The fraction of sp³-hybridized carbons (Fsp3) is 0.706. The molecule has 24 heavy (non-hydrogen) atoms. The number of hydrogen-bond acceptors (Lipinski definition) is 5. The van der Waals surface area contributed by atoms with E-state index in [-0.39, 0.29) is 23.7 Å². The van der Waals surface area contributed by atoms with Gasteiger partial charge in [-0.1, -0.05) is 38.5 Å². The molecule has 2 N–H and O–H groups in total. The van der Waals surface area contributed by atoms with Crippen molar-refractivity contribution in [3.8, 4) is 0 Å². The number of rotatable bonds is 4. The number of nitrogens with zero attached hydrogens (tertiary/aromatic N) is 3. The van der Waals surface area contributed by atoms with Crippen LogP contribution in [0.1, 0.15) is 64.2 Å². The molecule has 3 rings (SSSR count). The van der Waals surface area contributed by atoms with Crippen LogP contribution in [0.25, 0.3) is 0 Å². The van der Waals surface area contributed by atoms with Crippen LogP contribution in [0.5, 0.6) is 0 Å². The second kappa shape index (κ2) is 8.17. The molecule has 2 fully saturated rings. The Balaban J connectivity index is 1.57. The average Bonchev–Trinajstić information content (AvgIpc) is 2.63. The van der Waals surface area contributed by atoms with Crippen molar-refractivity contribution in [1.82, 2.24) is 15.4 Å². The third kappa shape index (κ3) is 4.49. The van der Waals surface area contributed by atoms with Gasteiger partial charge in [-0.15, -0.1) is 10.2 Å². The maximum atomic E-state index is 12.3. The predicted octanol–water partition coefficient (Wildman–Crippen LogP) is 2.91. The Morgan fingerprint density at radius 3 is 1.58 bits per heavy atom. The van der Waals surface area contributed by atoms with Crippen LogP contribution in [0.4, 0.5) is 11.6 Å². The largest absolute Gasteiger partial charge is 0.309 e. The molecule has 0 saturated heterocycles. The summed E-state index contributed by atoms with van der Waals surface area (Å²) in [5, 5.41) is 17.0. The predicted molar refractivity (Wildman–Crippen MR) is 90.2 cm³/mol. The van der Waals surface area contributed by atoms with Crippen LogP contribution in [0.2, 0.25) is 0 Å². The summed E-state index contributed by atoms with van der Waals surface area (Å²) in [5.41, 5.74) is 0. The van der Waals surface area contributed by atoms with Gasteiger partial charge >= 0.3 is 0 Å². The zero-order chi connectivity index (χ0) is 16.8. The van der Waals surface area contributed by atoms with Crippen molar-refractivity contribution in [2.75, 3.05) is 10.6 Å². The molecule has 130 valence electrons. The van der Waals surface area contributed by atoms with E-state index >= 15 is 0 Å². The van der Waals surface area contributed by atoms with Gasteiger partial charge in [0.2, 0.25) is 11.8 Å². The van der Waals surface area contributed by atoms with Gasteiger partial charge in [-0.05, 0) is 30.9 Å². The first-order valence-electron chi connectivity index (χ1n) is 9.04. The van der Waals surface area contributed by atoms with Crippen LogP contribution >= 0.6 is 0 Å². The zero-order valence-corrected chi connectivity index (χ0v) is 14.0. The summed E-state index contributed by atoms with van der Waals surface area (Å²) in [6.45, 7) is 0. The molecular formula is C17H25N5O2. The number of hydrogen-bond donors (Lipinski definition) is 2. The molecule has 1 heterocycles. The molecule has 2 amide bonds. The van der Waals surface area contributed by atoms with Crippen molar-refractivity contribution in [2.24, 2.45) is 11.8 Å². The molecule has 0 radical (unpaired) electrons. The molecule has 7 nitrogen and oxygen atoms in total. The van der Waals surface area contributed by atoms with Crippen molar-refractivity contribution in [1.29, 1.82) is 0 Å². The second-order valence-electron chi connectivity index (χ2n) is 6.85. The second-order valence-corrected chi connectivity index (χ2v) is 6.85. The van der Waals surface area contributed by atoms with Crippen LogP contribution < -0.4 is 10.6 Å². The Bertz CT molecular complexity index is 533. The normalized spacial score (nSPS) is 19.7. The molecule has 1 aromatic heterocycles. The summed E-state index contributed by atoms with van der Waals surface area (Å²) in [5.74, 6) is 0.765. The van der Waals surface area contributed by atoms with Gasteiger partial charge < -0.3 is 10.6 Å². The number of nitrogens with one attached hydrogen (secondary N) is 2. The first kappa shape index (κ1) is 16.8. The van der Waals surface area contributed by atoms with E-state index in [9.17, 15) is 9.59 Å². The Hall–Kier alpha value is -2.05. The molecule has 0 bridgehead atoms. The highest BCUT2D eigenvalue weighted by Crippen LogP contribution is 2.26. The van der Waals surface area contributed by atoms with E-state index in [1.807, 2.05) is 0 Å². The summed E-state index contributed by atoms with van der Waals surface area (Å²) >= 11 is 0. The van der Waals surface area contributed by atoms with Gasteiger partial charge in [0.25, 0.3) is 0 Å². The van der Waals surface area contributed by atoms with Gasteiger partial charge in [0.15, 0.2) is 11.6 Å². The standard InChI is InChI=1S/C17H25N5O2/c23-16(12-7-3-1-4-8-12)18-14-11-15(21-22-20-14)19-17(24)13-9-5-2-6-10-13/h11-13H,1-10H2,(H2,18,19,20,21,23,24). The first-order valence-corrected chi connectivity index (χ1v) is 9.04. The maximum absolute atomic E-state index is 12.3. The molecule has 2 aliphatic carbocycles. The van der Waals surface area contributed by atoms with E-state index in [4.69, 9.17) is 0 Å². The quantitative estimate of drug-likeness (QED) is 0.884. The molecule has 0 atom stereocenters. The minimum Gasteiger partial charge on any atom is -0.309 e. The summed E-state index contributed by atoms with van der Waals surface area (Å²) in [4.78, 5) is 24.5. The molecule has 0 aliphatic heterocycles. The summed E-state index contributed by atoms with van der Waals surface area (Å²) in [6, 6.07) is 1.58. The molecule has 7 heteroatoms. The van der Waals surface area contributed by atoms with Crippen molar-refractivity contribution in [3.63, 3.8) is 0 Å². The topological polar surface area (TPSA) is 96.9 Å². The Morgan fingerprint density at radius 1 is 0.750 bits per heavy atom. The molecule has 2 aliphatic rings. The lowest BCUT2D eigenvalue weighted by molar-refractivity contribution is -0.121. The van der Waals surface area contributed by atoms with Crippen molar-refractivity contribution >= 4 is 23.5 Å². The van der Waals surface area contributed by atoms with Crippen LogP contribution in [-0.4, -0.2) is 27.2 Å². The Kier molecular flexibility index (Phi) is 5.72. The minimum absolute atomic E-state index is 0.0141. The van der Waals surface area contributed by atoms with Gasteiger partial charge in [-0.25, -0.2) is 0 Å². The fourth-order valence-corrected chi connectivity index (χ4v) is 3.61. The number of carbonyl (C=O) groups excluding carboxylic acids is 2. The van der Waals surface area contributed by atoms with E-state index in [2.05, 4.69) is 26.0 Å². The summed E-state index contributed by atoms with van der Waals surface area (Å²) in [6.07, 6.45) is 10.5. The lowest BCUT2D eigenvalue weighted by Gasteiger charge is -2.21. The van der Waals surface area contributed by atoms with Crippen LogP contribution in [0, 0.1) is 11.8 Å². The van der Waals surface area contributed by atoms with E-state index in [0.29, 0.717) is 11.6 Å². The molecular weight excluding hydrogens is 306 g/mol. The van der Waals surface area contributed by atoms with Gasteiger partial charge in [0.05, 0.1) is 0 Å². The first-order chi connectivity index (χ1) is 11.7. The minimum atomic E-state index is -0.0141. The van der Waals surface area contributed by atoms with Gasteiger partial charge in [-0.3, -0.25) is 9.59 Å². The van der Waals surface area contributed by atoms with E-state index in [0.717, 1.165) is 51.4 Å². The molecule has 0 unspecified atom stereocenters. The SMILES string of the molecule is O=C(Nc1cc(NC(=O)C2CCCCC2)nnn1)C1CCCCC1. The highest BCUT2D eigenvalue weighted by Gasteiger charge is 2.23. The summed E-state index contributed by atoms with van der Waals surface area (Å²) in [7, 11) is 0. The number of carbonyl (C=O) groups is 2. The summed E-state index contributed by atoms with van der Waals surface area (Å²) < 4.78 is 0. The van der Waals surface area contributed by atoms with Crippen LogP contribution in [-0.2, 0) is 9.59 Å². The maximum Gasteiger partial charge on any atom is 0.228 e. The third-order valence-corrected chi connectivity index (χ3v) is 5.03. The van der Waals surface area contributed by atoms with E-state index in [1.165, 1.54) is 12.8 Å². The number of anilines is 2. The lowest BCUT2D eigenvalue weighted by Crippen LogP contribution is -2.27. The molecule has 1 aromatic rings. The Labute approximate surface area is 142 Å². The number of amides is 2. The Morgan fingerprint density at radius 2 is 1.17 bits per heavy atom. The monoisotopic (exact) mass is 331 g/mol. The van der Waals surface area contributed by atoms with Crippen molar-refractivity contribution in [3.05, 3.63) is 6.07 Å². The van der Waals surface area contributed by atoms with Gasteiger partial charge in [0.1, 0.15) is 0 Å². The number of aromatic nitrogens is 3. The molecule has 0 spiro atoms. The van der Waals surface area contributed by atoms with Crippen LogP contribution in [0.3, 0.4) is 0 Å². The lowest BCUT2D eigenvalue weighted by atomic mass is 9.88. The highest BCUT2D eigenvalue weighted by atomic mass is 16.2. The van der Waals surface area contributed by atoms with Crippen molar-refractivity contribution in [2.45, 2.75) is 64.2 Å². The van der Waals surface area contributed by atoms with Crippen molar-refractivity contribution < 1.29 is 9.59 Å². The molecule has 0 aromatic carbocycles. The highest BCUT2D eigenvalue weighted by molar-refractivity contribution is 5.94. The average molecular weight is 331 g/mol. The molecule has 2 saturated carbocycles. The van der Waals surface area contributed by atoms with Gasteiger partial charge in [0, 0.05) is 17.9 Å². The fourth-order valence-electron chi connectivity index (χ4n) is 3.61. The van der Waals surface area contributed by atoms with Crippen LogP contribution in [0.15, 0.2) is 6.07 Å².